The van der Waals surface area contributed by atoms with E-state index in [4.69, 9.17) is 16.4 Å². The first-order chi connectivity index (χ1) is 12.6. The Kier molecular flexibility index (Phi) is 6.18. The van der Waals surface area contributed by atoms with E-state index in [0.717, 1.165) is 37.1 Å². The molecule has 1 aromatic rings. The topological polar surface area (TPSA) is 53.9 Å². The second-order valence-corrected chi connectivity index (χ2v) is 7.12. The summed E-state index contributed by atoms with van der Waals surface area (Å²) in [5, 5.41) is 7.88. The van der Waals surface area contributed by atoms with Gasteiger partial charge >= 0.3 is 0 Å². The SMILES string of the molecule is CCC(CC)NC(=O)CN1CCC2C(C#Cc3cccc(Cl)c3)=NOC21. The molecule has 0 radical (unpaired) electrons. The number of benzene rings is 1. The number of oxime groups is 1. The molecule has 5 nitrogen and oxygen atoms in total. The van der Waals surface area contributed by atoms with Crippen LogP contribution in [0.1, 0.15) is 38.7 Å². The van der Waals surface area contributed by atoms with Crippen molar-refractivity contribution < 1.29 is 9.63 Å². The molecule has 3 rings (SSSR count). The molecule has 2 atom stereocenters. The highest BCUT2D eigenvalue weighted by atomic mass is 35.5. The van der Waals surface area contributed by atoms with Crippen LogP contribution < -0.4 is 5.32 Å². The largest absolute Gasteiger partial charge is 0.375 e. The van der Waals surface area contributed by atoms with E-state index in [2.05, 4.69) is 36.2 Å². The average molecular weight is 374 g/mol. The molecule has 2 unspecified atom stereocenters. The standard InChI is InChI=1S/C20H24ClN3O2/c1-3-16(4-2)22-19(25)13-24-11-10-17-18(23-26-20(17)24)9-8-14-6-5-7-15(21)12-14/h5-7,12,16-17,20H,3-4,10-11,13H2,1-2H3,(H,22,25). The summed E-state index contributed by atoms with van der Waals surface area (Å²) in [5.74, 6) is 6.37. The lowest BCUT2D eigenvalue weighted by molar-refractivity contribution is -0.126. The van der Waals surface area contributed by atoms with Gasteiger partial charge in [-0.2, -0.15) is 0 Å². The van der Waals surface area contributed by atoms with Crippen molar-refractivity contribution in [2.75, 3.05) is 13.1 Å². The molecule has 26 heavy (non-hydrogen) atoms. The molecule has 1 fully saturated rings. The van der Waals surface area contributed by atoms with Crippen molar-refractivity contribution in [1.82, 2.24) is 10.2 Å². The van der Waals surface area contributed by atoms with Crippen LogP contribution in [0, 0.1) is 17.8 Å². The molecule has 138 valence electrons. The van der Waals surface area contributed by atoms with Crippen molar-refractivity contribution in [2.24, 2.45) is 11.1 Å². The molecule has 6 heteroatoms. The van der Waals surface area contributed by atoms with Crippen LogP contribution in [0.3, 0.4) is 0 Å². The summed E-state index contributed by atoms with van der Waals surface area (Å²) in [7, 11) is 0. The van der Waals surface area contributed by atoms with Gasteiger partial charge in [0.15, 0.2) is 6.23 Å². The molecule has 1 amide bonds. The minimum absolute atomic E-state index is 0.0430. The Labute approximate surface area is 159 Å². The Hall–Kier alpha value is -2.03. The van der Waals surface area contributed by atoms with Crippen LogP contribution in [0.15, 0.2) is 29.4 Å². The predicted octanol–water partition coefficient (Wildman–Crippen LogP) is 3.03. The van der Waals surface area contributed by atoms with Crippen molar-refractivity contribution in [1.29, 1.82) is 0 Å². The van der Waals surface area contributed by atoms with Gasteiger partial charge in [0.2, 0.25) is 5.91 Å². The van der Waals surface area contributed by atoms with Gasteiger partial charge in [-0.15, -0.1) is 0 Å². The van der Waals surface area contributed by atoms with Gasteiger partial charge in [0.25, 0.3) is 0 Å². The summed E-state index contributed by atoms with van der Waals surface area (Å²) in [6.07, 6.45) is 2.59. The highest BCUT2D eigenvalue weighted by Crippen LogP contribution is 2.31. The van der Waals surface area contributed by atoms with Gasteiger partial charge in [-0.1, -0.05) is 42.6 Å². The third kappa shape index (κ3) is 4.38. The maximum Gasteiger partial charge on any atom is 0.234 e. The Morgan fingerprint density at radius 3 is 2.96 bits per heavy atom. The van der Waals surface area contributed by atoms with E-state index in [1.54, 1.807) is 0 Å². The summed E-state index contributed by atoms with van der Waals surface area (Å²) >= 11 is 5.99. The monoisotopic (exact) mass is 373 g/mol. The Morgan fingerprint density at radius 2 is 2.23 bits per heavy atom. The minimum atomic E-state index is -0.189. The van der Waals surface area contributed by atoms with Crippen LogP contribution in [-0.4, -0.2) is 41.9 Å². The number of nitrogens with zero attached hydrogens (tertiary/aromatic N) is 2. The summed E-state index contributed by atoms with van der Waals surface area (Å²) in [4.78, 5) is 19.9. The molecule has 0 aromatic heterocycles. The van der Waals surface area contributed by atoms with Crippen LogP contribution in [0.2, 0.25) is 5.02 Å². The molecule has 0 bridgehead atoms. The van der Waals surface area contributed by atoms with Gasteiger partial charge < -0.3 is 10.2 Å². The van der Waals surface area contributed by atoms with Crippen molar-refractivity contribution in [2.45, 2.75) is 45.4 Å². The maximum absolute atomic E-state index is 12.3. The molecular formula is C20H24ClN3O2. The smallest absolute Gasteiger partial charge is 0.234 e. The van der Waals surface area contributed by atoms with E-state index in [9.17, 15) is 4.79 Å². The van der Waals surface area contributed by atoms with E-state index >= 15 is 0 Å². The maximum atomic E-state index is 12.3. The number of carbonyl (C=O) groups is 1. The fourth-order valence-corrected chi connectivity index (χ4v) is 3.55. The molecule has 2 aliphatic rings. The van der Waals surface area contributed by atoms with E-state index in [-0.39, 0.29) is 24.1 Å². The normalized spacial score (nSPS) is 21.6. The highest BCUT2D eigenvalue weighted by Gasteiger charge is 2.43. The lowest BCUT2D eigenvalue weighted by Crippen LogP contribution is -2.44. The number of hydrogen-bond acceptors (Lipinski definition) is 4. The van der Waals surface area contributed by atoms with Crippen molar-refractivity contribution in [3.05, 3.63) is 34.9 Å². The molecule has 1 N–H and O–H groups in total. The van der Waals surface area contributed by atoms with Gasteiger partial charge in [-0.25, -0.2) is 0 Å². The highest BCUT2D eigenvalue weighted by molar-refractivity contribution is 6.30. The van der Waals surface area contributed by atoms with Crippen molar-refractivity contribution in [3.8, 4) is 11.8 Å². The average Bonchev–Trinajstić information content (AvgIpc) is 3.21. The van der Waals surface area contributed by atoms with Crippen LogP contribution >= 0.6 is 11.6 Å². The van der Waals surface area contributed by atoms with Crippen LogP contribution in [-0.2, 0) is 9.63 Å². The van der Waals surface area contributed by atoms with Crippen molar-refractivity contribution in [3.63, 3.8) is 0 Å². The fraction of sp³-hybridized carbons (Fsp3) is 0.500. The molecule has 2 heterocycles. The zero-order valence-corrected chi connectivity index (χ0v) is 15.9. The van der Waals surface area contributed by atoms with Crippen molar-refractivity contribution >= 4 is 23.2 Å². The second-order valence-electron chi connectivity index (χ2n) is 6.68. The molecule has 2 aliphatic heterocycles. The second kappa shape index (κ2) is 8.57. The Balaban J connectivity index is 1.58. The number of likely N-dealkylation sites (tertiary alicyclic amines) is 1. The predicted molar refractivity (Wildman–Crippen MR) is 103 cm³/mol. The summed E-state index contributed by atoms with van der Waals surface area (Å²) < 4.78 is 0. The van der Waals surface area contributed by atoms with Crippen LogP contribution in [0.4, 0.5) is 0 Å². The third-order valence-corrected chi connectivity index (χ3v) is 5.13. The zero-order chi connectivity index (χ0) is 18.5. The first-order valence-electron chi connectivity index (χ1n) is 9.15. The minimum Gasteiger partial charge on any atom is -0.375 e. The van der Waals surface area contributed by atoms with Gasteiger partial charge in [-0.3, -0.25) is 9.69 Å². The van der Waals surface area contributed by atoms with E-state index in [1.807, 2.05) is 29.2 Å². The van der Waals surface area contributed by atoms with Gasteiger partial charge in [0.05, 0.1) is 12.5 Å². The van der Waals surface area contributed by atoms with E-state index in [1.165, 1.54) is 0 Å². The molecule has 1 aromatic carbocycles. The van der Waals surface area contributed by atoms with Crippen LogP contribution in [0.5, 0.6) is 0 Å². The third-order valence-electron chi connectivity index (χ3n) is 4.90. The van der Waals surface area contributed by atoms with Gasteiger partial charge in [0, 0.05) is 23.2 Å². The number of hydrogen-bond donors (Lipinski definition) is 1. The van der Waals surface area contributed by atoms with Crippen LogP contribution in [0.25, 0.3) is 0 Å². The summed E-state index contributed by atoms with van der Waals surface area (Å²) in [5.41, 5.74) is 1.60. The van der Waals surface area contributed by atoms with E-state index < -0.39 is 0 Å². The lowest BCUT2D eigenvalue weighted by atomic mass is 10.0. The number of fused-ring (bicyclic) bond motifs is 1. The first kappa shape index (κ1) is 18.8. The zero-order valence-electron chi connectivity index (χ0n) is 15.2. The molecule has 0 aliphatic carbocycles. The molecule has 1 saturated heterocycles. The number of halogens is 1. The lowest BCUT2D eigenvalue weighted by Gasteiger charge is -2.22. The fourth-order valence-electron chi connectivity index (χ4n) is 3.36. The number of nitrogens with one attached hydrogen (secondary N) is 1. The van der Waals surface area contributed by atoms with Gasteiger partial charge in [0.1, 0.15) is 5.71 Å². The van der Waals surface area contributed by atoms with E-state index in [0.29, 0.717) is 11.6 Å². The first-order valence-corrected chi connectivity index (χ1v) is 9.53. The molecule has 0 saturated carbocycles. The molecule has 0 spiro atoms. The Bertz CT molecular complexity index is 749. The quantitative estimate of drug-likeness (QED) is 0.807. The summed E-state index contributed by atoms with van der Waals surface area (Å²) in [6.45, 7) is 5.31. The number of amides is 1. The number of carbonyl (C=O) groups excluding carboxylic acids is 1. The summed E-state index contributed by atoms with van der Waals surface area (Å²) in [6, 6.07) is 7.67. The Morgan fingerprint density at radius 1 is 1.42 bits per heavy atom. The van der Waals surface area contributed by atoms with Gasteiger partial charge in [-0.05, 0) is 43.4 Å². The molecular weight excluding hydrogens is 350 g/mol. The number of rotatable bonds is 5.